The molecule has 136 valence electrons. The standard InChI is InChI=1S/C20H24N4O2/c1-13(25)24-11-10-14-6-3-4-7-15(14)18(24)12-19(26)21-20-16-8-5-9-17(16)22-23(20)2/h3-4,6-7,18H,5,8-12H2,1-2H3,(H,21,26). The lowest BCUT2D eigenvalue weighted by molar-refractivity contribution is -0.132. The van der Waals surface area contributed by atoms with Crippen LogP contribution in [0.4, 0.5) is 5.82 Å². The first-order chi connectivity index (χ1) is 12.5. The number of amides is 2. The Hall–Kier alpha value is -2.63. The third-order valence-electron chi connectivity index (χ3n) is 5.52. The first-order valence-corrected chi connectivity index (χ1v) is 9.24. The molecule has 2 aromatic rings. The molecule has 0 bridgehead atoms. The largest absolute Gasteiger partial charge is 0.335 e. The van der Waals surface area contributed by atoms with Crippen LogP contribution < -0.4 is 5.32 Å². The summed E-state index contributed by atoms with van der Waals surface area (Å²) in [4.78, 5) is 26.7. The Morgan fingerprint density at radius 3 is 2.85 bits per heavy atom. The average Bonchev–Trinajstić information content (AvgIpc) is 3.17. The predicted molar refractivity (Wildman–Crippen MR) is 98.8 cm³/mol. The monoisotopic (exact) mass is 352 g/mol. The van der Waals surface area contributed by atoms with Crippen LogP contribution >= 0.6 is 0 Å². The second-order valence-electron chi connectivity index (χ2n) is 7.18. The molecule has 1 unspecified atom stereocenters. The maximum absolute atomic E-state index is 12.8. The predicted octanol–water partition coefficient (Wildman–Crippen LogP) is 2.38. The van der Waals surface area contributed by atoms with Crippen LogP contribution in [0.15, 0.2) is 24.3 Å². The van der Waals surface area contributed by atoms with Crippen LogP contribution in [0.2, 0.25) is 0 Å². The fraction of sp³-hybridized carbons (Fsp3) is 0.450. The summed E-state index contributed by atoms with van der Waals surface area (Å²) in [5.74, 6) is 0.746. The van der Waals surface area contributed by atoms with Gasteiger partial charge in [-0.05, 0) is 36.8 Å². The van der Waals surface area contributed by atoms with E-state index in [0.717, 1.165) is 48.3 Å². The van der Waals surface area contributed by atoms with Gasteiger partial charge in [0.1, 0.15) is 5.82 Å². The quantitative estimate of drug-likeness (QED) is 0.922. The summed E-state index contributed by atoms with van der Waals surface area (Å²) < 4.78 is 1.76. The summed E-state index contributed by atoms with van der Waals surface area (Å²) in [5.41, 5.74) is 4.56. The number of aryl methyl sites for hydroxylation is 2. The molecule has 26 heavy (non-hydrogen) atoms. The van der Waals surface area contributed by atoms with Crippen molar-refractivity contribution in [1.29, 1.82) is 0 Å². The van der Waals surface area contributed by atoms with Gasteiger partial charge in [0, 0.05) is 26.1 Å². The molecule has 0 radical (unpaired) electrons. The highest BCUT2D eigenvalue weighted by Gasteiger charge is 2.31. The molecule has 0 saturated carbocycles. The van der Waals surface area contributed by atoms with E-state index in [1.54, 1.807) is 11.6 Å². The van der Waals surface area contributed by atoms with E-state index >= 15 is 0 Å². The van der Waals surface area contributed by atoms with Gasteiger partial charge >= 0.3 is 0 Å². The highest BCUT2D eigenvalue weighted by Crippen LogP contribution is 2.33. The lowest BCUT2D eigenvalue weighted by Gasteiger charge is -2.36. The van der Waals surface area contributed by atoms with E-state index in [9.17, 15) is 9.59 Å². The molecule has 4 rings (SSSR count). The van der Waals surface area contributed by atoms with Gasteiger partial charge in [-0.2, -0.15) is 5.10 Å². The van der Waals surface area contributed by atoms with E-state index in [4.69, 9.17) is 0 Å². The summed E-state index contributed by atoms with van der Waals surface area (Å²) in [5, 5.41) is 7.56. The number of fused-ring (bicyclic) bond motifs is 2. The first-order valence-electron chi connectivity index (χ1n) is 9.24. The van der Waals surface area contributed by atoms with E-state index in [2.05, 4.69) is 16.5 Å². The van der Waals surface area contributed by atoms with Crippen LogP contribution in [0.25, 0.3) is 0 Å². The Bertz CT molecular complexity index is 871. The van der Waals surface area contributed by atoms with Crippen LogP contribution in [0.1, 0.15) is 48.2 Å². The van der Waals surface area contributed by atoms with Crippen molar-refractivity contribution in [2.45, 2.75) is 45.1 Å². The van der Waals surface area contributed by atoms with Crippen molar-refractivity contribution in [1.82, 2.24) is 14.7 Å². The van der Waals surface area contributed by atoms with Gasteiger partial charge in [-0.15, -0.1) is 0 Å². The summed E-state index contributed by atoms with van der Waals surface area (Å²) in [6.45, 7) is 2.23. The number of carbonyl (C=O) groups excluding carboxylic acids is 2. The maximum atomic E-state index is 12.8. The number of nitrogens with one attached hydrogen (secondary N) is 1. The fourth-order valence-electron chi connectivity index (χ4n) is 4.28. The van der Waals surface area contributed by atoms with E-state index in [1.807, 2.05) is 30.1 Å². The Labute approximate surface area is 153 Å². The second kappa shape index (κ2) is 6.59. The zero-order valence-electron chi connectivity index (χ0n) is 15.3. The third-order valence-corrected chi connectivity index (χ3v) is 5.52. The van der Waals surface area contributed by atoms with Gasteiger partial charge in [-0.1, -0.05) is 24.3 Å². The molecule has 1 aromatic carbocycles. The van der Waals surface area contributed by atoms with Gasteiger partial charge in [-0.25, -0.2) is 0 Å². The molecule has 6 nitrogen and oxygen atoms in total. The molecule has 1 aromatic heterocycles. The Kier molecular flexibility index (Phi) is 4.26. The Morgan fingerprint density at radius 2 is 2.04 bits per heavy atom. The molecule has 0 fully saturated rings. The van der Waals surface area contributed by atoms with Crippen LogP contribution in [-0.4, -0.2) is 33.0 Å². The van der Waals surface area contributed by atoms with Crippen molar-refractivity contribution in [3.05, 3.63) is 46.6 Å². The third kappa shape index (κ3) is 2.89. The zero-order chi connectivity index (χ0) is 18.3. The van der Waals surface area contributed by atoms with Gasteiger partial charge in [0.15, 0.2) is 0 Å². The SMILES string of the molecule is CC(=O)N1CCc2ccccc2C1CC(=O)Nc1c2c(nn1C)CCC2. The highest BCUT2D eigenvalue weighted by molar-refractivity contribution is 5.92. The van der Waals surface area contributed by atoms with Crippen molar-refractivity contribution < 1.29 is 9.59 Å². The van der Waals surface area contributed by atoms with Crippen LogP contribution in [0.5, 0.6) is 0 Å². The molecule has 2 heterocycles. The molecular formula is C20H24N4O2. The molecule has 1 aliphatic heterocycles. The lowest BCUT2D eigenvalue weighted by atomic mass is 9.90. The molecule has 0 spiro atoms. The van der Waals surface area contributed by atoms with Crippen molar-refractivity contribution in [3.8, 4) is 0 Å². The average molecular weight is 352 g/mol. The van der Waals surface area contributed by atoms with Crippen molar-refractivity contribution >= 4 is 17.6 Å². The van der Waals surface area contributed by atoms with Gasteiger partial charge < -0.3 is 10.2 Å². The molecule has 1 atom stereocenters. The number of carbonyl (C=O) groups is 2. The lowest BCUT2D eigenvalue weighted by Crippen LogP contribution is -2.40. The molecule has 2 amide bonds. The Morgan fingerprint density at radius 1 is 1.23 bits per heavy atom. The van der Waals surface area contributed by atoms with Crippen LogP contribution in [0.3, 0.4) is 0 Å². The molecule has 1 N–H and O–H groups in total. The summed E-state index contributed by atoms with van der Waals surface area (Å²) in [6.07, 6.45) is 4.13. The van der Waals surface area contributed by atoms with E-state index < -0.39 is 0 Å². The van der Waals surface area contributed by atoms with Crippen molar-refractivity contribution in [2.75, 3.05) is 11.9 Å². The minimum absolute atomic E-state index is 0.0127. The molecule has 2 aliphatic rings. The number of nitrogens with zero attached hydrogens (tertiary/aromatic N) is 3. The summed E-state index contributed by atoms with van der Waals surface area (Å²) in [7, 11) is 1.87. The molecule has 1 aliphatic carbocycles. The first kappa shape index (κ1) is 16.8. The number of hydrogen-bond acceptors (Lipinski definition) is 3. The maximum Gasteiger partial charge on any atom is 0.227 e. The number of aromatic nitrogens is 2. The zero-order valence-corrected chi connectivity index (χ0v) is 15.3. The smallest absolute Gasteiger partial charge is 0.227 e. The summed E-state index contributed by atoms with van der Waals surface area (Å²) in [6, 6.07) is 7.90. The van der Waals surface area contributed by atoms with E-state index in [0.29, 0.717) is 6.54 Å². The molecule has 0 saturated heterocycles. The van der Waals surface area contributed by atoms with E-state index in [1.165, 1.54) is 5.56 Å². The van der Waals surface area contributed by atoms with Gasteiger partial charge in [0.05, 0.1) is 18.2 Å². The number of rotatable bonds is 3. The van der Waals surface area contributed by atoms with Gasteiger partial charge in [0.25, 0.3) is 0 Å². The minimum atomic E-state index is -0.210. The van der Waals surface area contributed by atoms with Crippen molar-refractivity contribution in [2.24, 2.45) is 7.05 Å². The van der Waals surface area contributed by atoms with E-state index in [-0.39, 0.29) is 24.3 Å². The molecular weight excluding hydrogens is 328 g/mol. The van der Waals surface area contributed by atoms with Crippen molar-refractivity contribution in [3.63, 3.8) is 0 Å². The number of anilines is 1. The van der Waals surface area contributed by atoms with Crippen LogP contribution in [0, 0.1) is 0 Å². The second-order valence-corrected chi connectivity index (χ2v) is 7.18. The number of hydrogen-bond donors (Lipinski definition) is 1. The normalized spacial score (nSPS) is 18.4. The van der Waals surface area contributed by atoms with Gasteiger partial charge in [0.2, 0.25) is 11.8 Å². The molecule has 6 heteroatoms. The minimum Gasteiger partial charge on any atom is -0.335 e. The Balaban J connectivity index is 1.57. The van der Waals surface area contributed by atoms with Gasteiger partial charge in [-0.3, -0.25) is 14.3 Å². The summed E-state index contributed by atoms with van der Waals surface area (Å²) >= 11 is 0. The topological polar surface area (TPSA) is 67.2 Å². The number of benzene rings is 1. The van der Waals surface area contributed by atoms with Crippen LogP contribution in [-0.2, 0) is 35.9 Å². The fourth-order valence-corrected chi connectivity index (χ4v) is 4.28. The highest BCUT2D eigenvalue weighted by atomic mass is 16.2.